The van der Waals surface area contributed by atoms with Gasteiger partial charge < -0.3 is 4.74 Å². The van der Waals surface area contributed by atoms with Crippen LogP contribution in [0.1, 0.15) is 30.0 Å². The molecule has 18 heavy (non-hydrogen) atoms. The van der Waals surface area contributed by atoms with Gasteiger partial charge in [0.15, 0.2) is 0 Å². The number of hydrogen-bond acceptors (Lipinski definition) is 3. The highest BCUT2D eigenvalue weighted by molar-refractivity contribution is 14.1. The van der Waals surface area contributed by atoms with E-state index in [0.29, 0.717) is 20.2 Å². The quantitative estimate of drug-likeness (QED) is 0.308. The van der Waals surface area contributed by atoms with Crippen LogP contribution in [0, 0.1) is 3.70 Å². The van der Waals surface area contributed by atoms with E-state index in [4.69, 9.17) is 4.74 Å². The van der Waals surface area contributed by atoms with Crippen molar-refractivity contribution in [3.63, 3.8) is 0 Å². The molecule has 3 nitrogen and oxygen atoms in total. The molecule has 1 rings (SSSR count). The number of hydrogen-bond donors (Lipinski definition) is 0. The van der Waals surface area contributed by atoms with E-state index in [9.17, 15) is 13.6 Å². The summed E-state index contributed by atoms with van der Waals surface area (Å²) < 4.78 is 31.2. The first kappa shape index (κ1) is 15.7. The minimum atomic E-state index is -2.66. The Morgan fingerprint density at radius 1 is 1.56 bits per heavy atom. The second kappa shape index (κ2) is 7.32. The second-order valence-electron chi connectivity index (χ2n) is 3.38. The van der Waals surface area contributed by atoms with Crippen molar-refractivity contribution < 1.29 is 18.3 Å². The van der Waals surface area contributed by atoms with E-state index in [1.54, 1.807) is 6.92 Å². The van der Waals surface area contributed by atoms with Crippen molar-refractivity contribution in [2.45, 2.75) is 25.1 Å². The highest BCUT2D eigenvalue weighted by Gasteiger charge is 2.21. The Hall–Kier alpha value is -0.310. The Morgan fingerprint density at radius 3 is 2.72 bits per heavy atom. The summed E-state index contributed by atoms with van der Waals surface area (Å²) in [5.41, 5.74) is 0.707. The van der Waals surface area contributed by atoms with Gasteiger partial charge in [-0.25, -0.2) is 13.8 Å². The monoisotopic (exact) mass is 433 g/mol. The molecule has 0 bridgehead atoms. The summed E-state index contributed by atoms with van der Waals surface area (Å²) in [6.07, 6.45) is -1.70. The van der Waals surface area contributed by atoms with Gasteiger partial charge in [-0.1, -0.05) is 15.9 Å². The van der Waals surface area contributed by atoms with Crippen LogP contribution in [-0.2, 0) is 21.3 Å². The van der Waals surface area contributed by atoms with Crippen LogP contribution >= 0.6 is 38.5 Å². The van der Waals surface area contributed by atoms with Gasteiger partial charge in [0.2, 0.25) is 0 Å². The van der Waals surface area contributed by atoms with Crippen molar-refractivity contribution in [2.75, 3.05) is 6.61 Å². The number of ether oxygens (including phenoxy) is 1. The summed E-state index contributed by atoms with van der Waals surface area (Å²) >= 11 is 5.19. The Kier molecular flexibility index (Phi) is 6.40. The first-order valence-corrected chi connectivity index (χ1v) is 7.37. The van der Waals surface area contributed by atoms with E-state index in [-0.39, 0.29) is 18.6 Å². The SMILES string of the molecule is CCOC(=O)Cc1c(C(F)F)cnc(I)c1CBr. The van der Waals surface area contributed by atoms with Gasteiger partial charge in [0, 0.05) is 17.1 Å². The molecule has 0 saturated carbocycles. The molecule has 1 heterocycles. The zero-order valence-electron chi connectivity index (χ0n) is 9.55. The van der Waals surface area contributed by atoms with Crippen molar-refractivity contribution in [1.29, 1.82) is 0 Å². The van der Waals surface area contributed by atoms with Crippen LogP contribution in [-0.4, -0.2) is 17.6 Å². The summed E-state index contributed by atoms with van der Waals surface area (Å²) in [5, 5.41) is 0.369. The number of pyridine rings is 1. The summed E-state index contributed by atoms with van der Waals surface area (Å²) in [5.74, 6) is -0.511. The van der Waals surface area contributed by atoms with E-state index in [1.807, 2.05) is 22.6 Å². The van der Waals surface area contributed by atoms with Crippen molar-refractivity contribution in [1.82, 2.24) is 4.98 Å². The molecule has 0 N–H and O–H groups in total. The Bertz CT molecular complexity index is 443. The maximum Gasteiger partial charge on any atom is 0.310 e. The molecule has 0 unspecified atom stereocenters. The van der Waals surface area contributed by atoms with E-state index >= 15 is 0 Å². The molecule has 7 heteroatoms. The fourth-order valence-corrected chi connectivity index (χ4v) is 3.25. The molecule has 0 aliphatic rings. The van der Waals surface area contributed by atoms with Crippen molar-refractivity contribution in [3.8, 4) is 0 Å². The molecular weight excluding hydrogens is 423 g/mol. The fraction of sp³-hybridized carbons (Fsp3) is 0.455. The Morgan fingerprint density at radius 2 is 2.22 bits per heavy atom. The van der Waals surface area contributed by atoms with Gasteiger partial charge in [-0.2, -0.15) is 0 Å². The van der Waals surface area contributed by atoms with Gasteiger partial charge in [0.05, 0.1) is 13.0 Å². The molecular formula is C11H11BrF2INO2. The number of nitrogens with zero attached hydrogens (tertiary/aromatic N) is 1. The van der Waals surface area contributed by atoms with E-state index in [2.05, 4.69) is 20.9 Å². The van der Waals surface area contributed by atoms with Crippen LogP contribution < -0.4 is 0 Å². The Labute approximate surface area is 126 Å². The van der Waals surface area contributed by atoms with Gasteiger partial charge >= 0.3 is 5.97 Å². The molecule has 0 aliphatic carbocycles. The first-order chi connectivity index (χ1) is 8.51. The number of aromatic nitrogens is 1. The van der Waals surface area contributed by atoms with Crippen LogP contribution in [0.4, 0.5) is 8.78 Å². The minimum Gasteiger partial charge on any atom is -0.466 e. The third-order valence-corrected chi connectivity index (χ3v) is 3.76. The first-order valence-electron chi connectivity index (χ1n) is 5.17. The molecule has 0 aromatic carbocycles. The predicted octanol–water partition coefficient (Wildman–Crippen LogP) is 3.62. The molecule has 100 valence electrons. The van der Waals surface area contributed by atoms with Crippen molar-refractivity contribution in [2.24, 2.45) is 0 Å². The third kappa shape index (κ3) is 3.84. The van der Waals surface area contributed by atoms with Gasteiger partial charge in [-0.05, 0) is 40.6 Å². The van der Waals surface area contributed by atoms with Gasteiger partial charge in [-0.3, -0.25) is 4.79 Å². The summed E-state index contributed by atoms with van der Waals surface area (Å²) in [4.78, 5) is 15.4. The van der Waals surface area contributed by atoms with Crippen LogP contribution in [0.15, 0.2) is 6.20 Å². The maximum absolute atomic E-state index is 12.9. The van der Waals surface area contributed by atoms with Crippen LogP contribution in [0.2, 0.25) is 0 Å². The average Bonchev–Trinajstić information content (AvgIpc) is 2.29. The molecule has 0 spiro atoms. The predicted molar refractivity (Wildman–Crippen MR) is 74.9 cm³/mol. The van der Waals surface area contributed by atoms with Crippen LogP contribution in [0.3, 0.4) is 0 Å². The van der Waals surface area contributed by atoms with Gasteiger partial charge in [0.25, 0.3) is 6.43 Å². The van der Waals surface area contributed by atoms with E-state index in [0.717, 1.165) is 6.20 Å². The second-order valence-corrected chi connectivity index (χ2v) is 4.96. The normalized spacial score (nSPS) is 10.8. The van der Waals surface area contributed by atoms with Crippen LogP contribution in [0.5, 0.6) is 0 Å². The largest absolute Gasteiger partial charge is 0.466 e. The fourth-order valence-electron chi connectivity index (χ4n) is 1.47. The lowest BCUT2D eigenvalue weighted by Gasteiger charge is -2.13. The average molecular weight is 434 g/mol. The molecule has 0 aliphatic heterocycles. The molecule has 0 saturated heterocycles. The number of carbonyl (C=O) groups is 1. The molecule has 1 aromatic heterocycles. The number of halogens is 4. The molecule has 0 fully saturated rings. The summed E-state index contributed by atoms with van der Waals surface area (Å²) in [7, 11) is 0. The Balaban J connectivity index is 3.19. The number of esters is 1. The highest BCUT2D eigenvalue weighted by atomic mass is 127. The van der Waals surface area contributed by atoms with Gasteiger partial charge in [-0.15, -0.1) is 0 Å². The zero-order valence-corrected chi connectivity index (χ0v) is 13.3. The lowest BCUT2D eigenvalue weighted by molar-refractivity contribution is -0.142. The lowest BCUT2D eigenvalue weighted by Crippen LogP contribution is -2.13. The maximum atomic E-state index is 12.9. The van der Waals surface area contributed by atoms with E-state index < -0.39 is 12.4 Å². The molecule has 0 radical (unpaired) electrons. The van der Waals surface area contributed by atoms with Crippen molar-refractivity contribution in [3.05, 3.63) is 26.6 Å². The number of carbonyl (C=O) groups excluding carboxylic acids is 1. The molecule has 0 amide bonds. The summed E-state index contributed by atoms with van der Waals surface area (Å²) in [6, 6.07) is 0. The van der Waals surface area contributed by atoms with Crippen LogP contribution in [0.25, 0.3) is 0 Å². The number of rotatable bonds is 5. The third-order valence-electron chi connectivity index (χ3n) is 2.27. The van der Waals surface area contributed by atoms with Gasteiger partial charge in [0.1, 0.15) is 3.70 Å². The highest BCUT2D eigenvalue weighted by Crippen LogP contribution is 2.29. The lowest BCUT2D eigenvalue weighted by atomic mass is 10.0. The zero-order chi connectivity index (χ0) is 13.7. The summed E-state index contributed by atoms with van der Waals surface area (Å²) in [6.45, 7) is 1.91. The standard InChI is InChI=1S/C11H11BrF2INO2/c1-2-18-9(17)3-6-7(4-12)11(15)16-5-8(6)10(13)14/h5,10H,2-4H2,1H3. The molecule has 1 aromatic rings. The van der Waals surface area contributed by atoms with Crippen molar-refractivity contribution >= 4 is 44.5 Å². The molecule has 0 atom stereocenters. The van der Waals surface area contributed by atoms with E-state index in [1.165, 1.54) is 0 Å². The topological polar surface area (TPSA) is 39.2 Å². The smallest absolute Gasteiger partial charge is 0.310 e. The minimum absolute atomic E-state index is 0.160. The number of alkyl halides is 3.